The highest BCUT2D eigenvalue weighted by Crippen LogP contribution is 2.29. The largest absolute Gasteiger partial charge is 0.397 e. The maximum Gasteiger partial charge on any atom is 0.141 e. The molecule has 114 valence electrons. The molecule has 2 N–H and O–H groups in total. The Labute approximate surface area is 131 Å². The van der Waals surface area contributed by atoms with Crippen molar-refractivity contribution in [3.8, 4) is 11.4 Å². The second-order valence-corrected chi connectivity index (χ2v) is 5.95. The summed E-state index contributed by atoms with van der Waals surface area (Å²) in [5.41, 5.74) is 12.7. The molecule has 3 aromatic rings. The lowest BCUT2D eigenvalue weighted by Crippen LogP contribution is -2.01. The Bertz CT molecular complexity index is 815. The first kappa shape index (κ1) is 14.6. The summed E-state index contributed by atoms with van der Waals surface area (Å²) in [6.45, 7) is 7.46. The third-order valence-corrected chi connectivity index (χ3v) is 4.31. The molecule has 0 unspecified atom stereocenters. The molecule has 0 bridgehead atoms. The number of nitrogens with two attached hydrogens (primary N) is 1. The lowest BCUT2D eigenvalue weighted by atomic mass is 10.1. The van der Waals surface area contributed by atoms with Crippen molar-refractivity contribution in [1.82, 2.24) is 9.55 Å². The number of fused-ring (bicyclic) bond motifs is 1. The number of rotatable bonds is 4. The molecule has 0 aliphatic rings. The maximum absolute atomic E-state index is 6.12. The molecular weight excluding hydrogens is 270 g/mol. The molecule has 0 radical (unpaired) electrons. The van der Waals surface area contributed by atoms with Gasteiger partial charge in [-0.2, -0.15) is 0 Å². The van der Waals surface area contributed by atoms with Crippen molar-refractivity contribution < 1.29 is 0 Å². The molecule has 0 fully saturated rings. The summed E-state index contributed by atoms with van der Waals surface area (Å²) in [4.78, 5) is 4.84. The molecule has 0 amide bonds. The molecule has 0 spiro atoms. The van der Waals surface area contributed by atoms with E-state index in [0.717, 1.165) is 47.5 Å². The molecule has 22 heavy (non-hydrogen) atoms. The second kappa shape index (κ2) is 5.84. The highest BCUT2D eigenvalue weighted by molar-refractivity contribution is 5.90. The minimum atomic E-state index is 0.748. The van der Waals surface area contributed by atoms with Crippen LogP contribution in [0.25, 0.3) is 22.4 Å². The molecule has 0 saturated heterocycles. The average molecular weight is 293 g/mol. The first-order valence-electron chi connectivity index (χ1n) is 7.94. The van der Waals surface area contributed by atoms with E-state index in [1.165, 1.54) is 11.1 Å². The van der Waals surface area contributed by atoms with Crippen LogP contribution in [0, 0.1) is 13.8 Å². The monoisotopic (exact) mass is 293 g/mol. The maximum atomic E-state index is 6.12. The van der Waals surface area contributed by atoms with Gasteiger partial charge in [-0.3, -0.25) is 0 Å². The van der Waals surface area contributed by atoms with Crippen molar-refractivity contribution in [2.45, 2.75) is 40.2 Å². The number of benzene rings is 2. The van der Waals surface area contributed by atoms with Crippen LogP contribution in [0.2, 0.25) is 0 Å². The average Bonchev–Trinajstić information content (AvgIpc) is 2.88. The molecule has 2 aromatic carbocycles. The number of hydrogen-bond acceptors (Lipinski definition) is 2. The highest BCUT2D eigenvalue weighted by Gasteiger charge is 2.14. The van der Waals surface area contributed by atoms with Crippen LogP contribution >= 0.6 is 0 Å². The quantitative estimate of drug-likeness (QED) is 0.708. The number of hydrogen-bond donors (Lipinski definition) is 1. The van der Waals surface area contributed by atoms with Gasteiger partial charge in [-0.05, 0) is 49.6 Å². The predicted molar refractivity (Wildman–Crippen MR) is 94.0 cm³/mol. The van der Waals surface area contributed by atoms with Gasteiger partial charge in [0.15, 0.2) is 0 Å². The van der Waals surface area contributed by atoms with E-state index in [2.05, 4.69) is 49.6 Å². The van der Waals surface area contributed by atoms with Gasteiger partial charge in [0.2, 0.25) is 0 Å². The molecule has 0 saturated carbocycles. The summed E-state index contributed by atoms with van der Waals surface area (Å²) in [6, 6.07) is 12.6. The third-order valence-electron chi connectivity index (χ3n) is 4.31. The number of anilines is 1. The van der Waals surface area contributed by atoms with E-state index in [4.69, 9.17) is 10.7 Å². The van der Waals surface area contributed by atoms with E-state index in [-0.39, 0.29) is 0 Å². The minimum Gasteiger partial charge on any atom is -0.397 e. The summed E-state index contributed by atoms with van der Waals surface area (Å²) in [6.07, 6.45) is 2.30. The van der Waals surface area contributed by atoms with Crippen LogP contribution in [-0.2, 0) is 6.54 Å². The molecule has 3 nitrogen and oxygen atoms in total. The van der Waals surface area contributed by atoms with Crippen LogP contribution in [0.1, 0.15) is 30.9 Å². The Morgan fingerprint density at radius 3 is 2.64 bits per heavy atom. The fourth-order valence-electron chi connectivity index (χ4n) is 2.81. The number of unbranched alkanes of at least 4 members (excludes halogenated alkanes) is 1. The van der Waals surface area contributed by atoms with E-state index in [1.54, 1.807) is 0 Å². The lowest BCUT2D eigenvalue weighted by Gasteiger charge is -2.10. The summed E-state index contributed by atoms with van der Waals surface area (Å²) in [5, 5.41) is 0. The number of imidazole rings is 1. The SMILES string of the molecule is CCCCn1c(-c2ccc(C)c(C)c2)nc2c(N)cccc21. The normalized spacial score (nSPS) is 11.2. The van der Waals surface area contributed by atoms with Crippen molar-refractivity contribution >= 4 is 16.7 Å². The van der Waals surface area contributed by atoms with E-state index in [9.17, 15) is 0 Å². The van der Waals surface area contributed by atoms with Gasteiger partial charge >= 0.3 is 0 Å². The van der Waals surface area contributed by atoms with Crippen molar-refractivity contribution in [3.05, 3.63) is 47.5 Å². The van der Waals surface area contributed by atoms with E-state index >= 15 is 0 Å². The van der Waals surface area contributed by atoms with Crippen molar-refractivity contribution in [2.24, 2.45) is 0 Å². The molecule has 1 heterocycles. The lowest BCUT2D eigenvalue weighted by molar-refractivity contribution is 0.651. The first-order valence-corrected chi connectivity index (χ1v) is 7.94. The predicted octanol–water partition coefficient (Wildman–Crippen LogP) is 4.70. The van der Waals surface area contributed by atoms with Gasteiger partial charge in [-0.1, -0.05) is 31.5 Å². The number of nitrogen functional groups attached to an aromatic ring is 1. The fourth-order valence-corrected chi connectivity index (χ4v) is 2.81. The molecular formula is C19H23N3. The Kier molecular flexibility index (Phi) is 3.88. The zero-order chi connectivity index (χ0) is 15.7. The van der Waals surface area contributed by atoms with Crippen LogP contribution in [0.15, 0.2) is 36.4 Å². The van der Waals surface area contributed by atoms with Crippen LogP contribution in [0.3, 0.4) is 0 Å². The fraction of sp³-hybridized carbons (Fsp3) is 0.316. The van der Waals surface area contributed by atoms with Gasteiger partial charge in [0.1, 0.15) is 11.3 Å². The number of aryl methyl sites for hydroxylation is 3. The standard InChI is InChI=1S/C19H23N3/c1-4-5-11-22-17-8-6-7-16(20)18(17)21-19(22)15-10-9-13(2)14(3)12-15/h6-10,12H,4-5,11,20H2,1-3H3. The summed E-state index contributed by atoms with van der Waals surface area (Å²) >= 11 is 0. The summed E-state index contributed by atoms with van der Waals surface area (Å²) in [5.74, 6) is 1.02. The first-order chi connectivity index (χ1) is 10.6. The third kappa shape index (κ3) is 2.47. The molecule has 1 aromatic heterocycles. The highest BCUT2D eigenvalue weighted by atomic mass is 15.1. The molecule has 0 aliphatic carbocycles. The van der Waals surface area contributed by atoms with Crippen LogP contribution in [0.5, 0.6) is 0 Å². The van der Waals surface area contributed by atoms with Crippen molar-refractivity contribution in [2.75, 3.05) is 5.73 Å². The van der Waals surface area contributed by atoms with Crippen molar-refractivity contribution in [1.29, 1.82) is 0 Å². The molecule has 0 aliphatic heterocycles. The molecule has 3 heteroatoms. The van der Waals surface area contributed by atoms with Gasteiger partial charge in [-0.25, -0.2) is 4.98 Å². The van der Waals surface area contributed by atoms with Gasteiger partial charge in [-0.15, -0.1) is 0 Å². The zero-order valence-corrected chi connectivity index (χ0v) is 13.6. The summed E-state index contributed by atoms with van der Waals surface area (Å²) < 4.78 is 2.30. The van der Waals surface area contributed by atoms with Gasteiger partial charge < -0.3 is 10.3 Å². The second-order valence-electron chi connectivity index (χ2n) is 5.95. The van der Waals surface area contributed by atoms with Gasteiger partial charge in [0.25, 0.3) is 0 Å². The molecule has 3 rings (SSSR count). The van der Waals surface area contributed by atoms with E-state index < -0.39 is 0 Å². The Morgan fingerprint density at radius 1 is 1.09 bits per heavy atom. The summed E-state index contributed by atoms with van der Waals surface area (Å²) in [7, 11) is 0. The minimum absolute atomic E-state index is 0.748. The van der Waals surface area contributed by atoms with Gasteiger partial charge in [0.05, 0.1) is 11.2 Å². The zero-order valence-electron chi connectivity index (χ0n) is 13.6. The molecule has 0 atom stereocenters. The number of aromatic nitrogens is 2. The topological polar surface area (TPSA) is 43.8 Å². The number of para-hydroxylation sites is 1. The van der Waals surface area contributed by atoms with Crippen LogP contribution < -0.4 is 5.73 Å². The Morgan fingerprint density at radius 2 is 1.91 bits per heavy atom. The number of nitrogens with zero attached hydrogens (tertiary/aromatic N) is 2. The van der Waals surface area contributed by atoms with Crippen LogP contribution in [-0.4, -0.2) is 9.55 Å². The van der Waals surface area contributed by atoms with Gasteiger partial charge in [0, 0.05) is 12.1 Å². The van der Waals surface area contributed by atoms with Crippen molar-refractivity contribution in [3.63, 3.8) is 0 Å². The van der Waals surface area contributed by atoms with E-state index in [0.29, 0.717) is 0 Å². The smallest absolute Gasteiger partial charge is 0.141 e. The Balaban J connectivity index is 2.22. The van der Waals surface area contributed by atoms with Crippen LogP contribution in [0.4, 0.5) is 5.69 Å². The Hall–Kier alpha value is -2.29. The van der Waals surface area contributed by atoms with E-state index in [1.807, 2.05) is 12.1 Å².